The van der Waals surface area contributed by atoms with Crippen molar-refractivity contribution in [3.63, 3.8) is 0 Å². The number of nitrogens with one attached hydrogen (secondary N) is 1. The van der Waals surface area contributed by atoms with E-state index in [-0.39, 0.29) is 11.4 Å². The smallest absolute Gasteiger partial charge is 0.243 e. The first-order valence-electron chi connectivity index (χ1n) is 6.98. The average Bonchev–Trinajstić information content (AvgIpc) is 2.50. The molecule has 0 aliphatic heterocycles. The van der Waals surface area contributed by atoms with Crippen LogP contribution in [0, 0.1) is 6.92 Å². The molecule has 0 aliphatic rings. The predicted molar refractivity (Wildman–Crippen MR) is 98.8 cm³/mol. The van der Waals surface area contributed by atoms with Crippen molar-refractivity contribution in [3.8, 4) is 0 Å². The number of carbonyl (C=O) groups excluding carboxylic acids is 1. The molecule has 0 aliphatic carbocycles. The number of benzene rings is 2. The van der Waals surface area contributed by atoms with Gasteiger partial charge in [0.15, 0.2) is 0 Å². The number of amides is 1. The van der Waals surface area contributed by atoms with Gasteiger partial charge in [0.1, 0.15) is 0 Å². The number of aryl methyl sites for hydroxylation is 1. The fourth-order valence-corrected chi connectivity index (χ4v) is 3.76. The summed E-state index contributed by atoms with van der Waals surface area (Å²) in [6, 6.07) is 11.2. The molecule has 128 valence electrons. The molecule has 0 atom stereocenters. The summed E-state index contributed by atoms with van der Waals surface area (Å²) in [4.78, 5) is 12.2. The third-order valence-corrected chi connectivity index (χ3v) is 5.91. The lowest BCUT2D eigenvalue weighted by molar-refractivity contribution is -0.116. The first-order valence-corrected chi connectivity index (χ1v) is 9.59. The molecule has 1 N–H and O–H groups in total. The Morgan fingerprint density at radius 2 is 1.83 bits per heavy atom. The molecule has 5 nitrogen and oxygen atoms in total. The van der Waals surface area contributed by atoms with Gasteiger partial charge < -0.3 is 5.32 Å². The van der Waals surface area contributed by atoms with Crippen LogP contribution in [0.15, 0.2) is 51.8 Å². The number of nitrogens with zero attached hydrogens (tertiary/aromatic N) is 1. The van der Waals surface area contributed by atoms with Crippen LogP contribution in [0.4, 0.5) is 5.69 Å². The van der Waals surface area contributed by atoms with Crippen LogP contribution in [0.5, 0.6) is 0 Å². The zero-order valence-corrected chi connectivity index (χ0v) is 16.2. The number of hydrogen-bond donors (Lipinski definition) is 1. The Bertz CT molecular complexity index is 854. The van der Waals surface area contributed by atoms with Crippen molar-refractivity contribution >= 4 is 49.1 Å². The zero-order valence-electron chi connectivity index (χ0n) is 13.1. The Labute approximate surface area is 154 Å². The van der Waals surface area contributed by atoms with E-state index in [2.05, 4.69) is 21.2 Å². The van der Waals surface area contributed by atoms with Crippen LogP contribution < -0.4 is 5.32 Å². The minimum atomic E-state index is -3.75. The summed E-state index contributed by atoms with van der Waals surface area (Å²) >= 11 is 9.12. The lowest BCUT2D eigenvalue weighted by atomic mass is 10.2. The van der Waals surface area contributed by atoms with E-state index in [4.69, 9.17) is 11.6 Å². The highest BCUT2D eigenvalue weighted by molar-refractivity contribution is 9.10. The predicted octanol–water partition coefficient (Wildman–Crippen LogP) is 3.67. The topological polar surface area (TPSA) is 66.5 Å². The lowest BCUT2D eigenvalue weighted by Gasteiger charge is -2.17. The van der Waals surface area contributed by atoms with Gasteiger partial charge in [-0.3, -0.25) is 4.79 Å². The van der Waals surface area contributed by atoms with Crippen LogP contribution >= 0.6 is 27.5 Å². The highest BCUT2D eigenvalue weighted by Gasteiger charge is 2.23. The molecule has 1 amide bonds. The monoisotopic (exact) mass is 430 g/mol. The number of halogens is 2. The minimum Gasteiger partial charge on any atom is -0.325 e. The van der Waals surface area contributed by atoms with Crippen molar-refractivity contribution in [2.75, 3.05) is 18.9 Å². The van der Waals surface area contributed by atoms with E-state index in [0.717, 1.165) is 14.3 Å². The fraction of sp³-hybridized carbons (Fsp3) is 0.188. The van der Waals surface area contributed by atoms with Gasteiger partial charge in [-0.15, -0.1) is 0 Å². The normalized spacial score (nSPS) is 11.5. The van der Waals surface area contributed by atoms with E-state index in [1.807, 2.05) is 13.0 Å². The van der Waals surface area contributed by atoms with Crippen LogP contribution in [0.1, 0.15) is 5.56 Å². The number of carbonyl (C=O) groups is 1. The lowest BCUT2D eigenvalue weighted by Crippen LogP contribution is -2.35. The van der Waals surface area contributed by atoms with Gasteiger partial charge in [0, 0.05) is 22.2 Å². The Balaban J connectivity index is 2.09. The van der Waals surface area contributed by atoms with Crippen LogP contribution in [-0.4, -0.2) is 32.2 Å². The van der Waals surface area contributed by atoms with Crippen LogP contribution in [0.25, 0.3) is 0 Å². The summed E-state index contributed by atoms with van der Waals surface area (Å²) in [6.45, 7) is 1.56. The maximum Gasteiger partial charge on any atom is 0.243 e. The van der Waals surface area contributed by atoms with Gasteiger partial charge in [0.2, 0.25) is 15.9 Å². The van der Waals surface area contributed by atoms with Crippen molar-refractivity contribution < 1.29 is 13.2 Å². The highest BCUT2D eigenvalue weighted by Crippen LogP contribution is 2.21. The molecular formula is C16H16BrClN2O3S. The van der Waals surface area contributed by atoms with Crippen LogP contribution in [0.2, 0.25) is 5.02 Å². The van der Waals surface area contributed by atoms with E-state index in [0.29, 0.717) is 10.7 Å². The molecule has 2 aromatic rings. The van der Waals surface area contributed by atoms with Gasteiger partial charge in [0.05, 0.1) is 11.4 Å². The van der Waals surface area contributed by atoms with Gasteiger partial charge in [0.25, 0.3) is 0 Å². The fourth-order valence-electron chi connectivity index (χ4n) is 2.03. The molecule has 0 heterocycles. The van der Waals surface area contributed by atoms with E-state index in [1.165, 1.54) is 31.3 Å². The number of likely N-dealkylation sites (N-methyl/N-ethyl adjacent to an activating group) is 1. The van der Waals surface area contributed by atoms with Crippen molar-refractivity contribution in [1.29, 1.82) is 0 Å². The molecule has 0 aromatic heterocycles. The molecule has 0 fully saturated rings. The third kappa shape index (κ3) is 4.57. The second-order valence-corrected chi connectivity index (χ2v) is 8.62. The van der Waals surface area contributed by atoms with E-state index < -0.39 is 15.9 Å². The highest BCUT2D eigenvalue weighted by atomic mass is 79.9. The van der Waals surface area contributed by atoms with Crippen molar-refractivity contribution in [1.82, 2.24) is 4.31 Å². The second kappa shape index (κ2) is 7.65. The number of sulfonamides is 1. The molecule has 0 spiro atoms. The van der Waals surface area contributed by atoms with Gasteiger partial charge in [-0.25, -0.2) is 8.42 Å². The average molecular weight is 432 g/mol. The third-order valence-electron chi connectivity index (χ3n) is 3.35. The van der Waals surface area contributed by atoms with Gasteiger partial charge in [-0.2, -0.15) is 4.31 Å². The number of rotatable bonds is 5. The molecular weight excluding hydrogens is 416 g/mol. The van der Waals surface area contributed by atoms with Crippen molar-refractivity contribution in [2.24, 2.45) is 0 Å². The standard InChI is InChI=1S/C16H16BrClN2O3S/c1-11-9-12(17)3-8-15(11)19-16(21)10-20(2)24(22,23)14-6-4-13(18)5-7-14/h3-9H,10H2,1-2H3,(H,19,21). The summed E-state index contributed by atoms with van der Waals surface area (Å²) in [5.74, 6) is -0.416. The summed E-state index contributed by atoms with van der Waals surface area (Å²) in [5, 5.41) is 3.16. The maximum atomic E-state index is 12.4. The van der Waals surface area contributed by atoms with Gasteiger partial charge in [-0.05, 0) is 55.0 Å². The minimum absolute atomic E-state index is 0.0852. The molecule has 0 radical (unpaired) electrons. The van der Waals surface area contributed by atoms with Gasteiger partial charge >= 0.3 is 0 Å². The molecule has 2 rings (SSSR count). The summed E-state index contributed by atoms with van der Waals surface area (Å²) < 4.78 is 26.8. The number of anilines is 1. The van der Waals surface area contributed by atoms with Crippen molar-refractivity contribution in [2.45, 2.75) is 11.8 Å². The molecule has 0 saturated heterocycles. The zero-order chi connectivity index (χ0) is 17.9. The SMILES string of the molecule is Cc1cc(Br)ccc1NC(=O)CN(C)S(=O)(=O)c1ccc(Cl)cc1. The van der Waals surface area contributed by atoms with E-state index in [1.54, 1.807) is 12.1 Å². The quantitative estimate of drug-likeness (QED) is 0.785. The van der Waals surface area contributed by atoms with Crippen molar-refractivity contribution in [3.05, 3.63) is 57.5 Å². The molecule has 2 aromatic carbocycles. The maximum absolute atomic E-state index is 12.4. The first-order chi connectivity index (χ1) is 11.2. The first kappa shape index (κ1) is 18.9. The van der Waals surface area contributed by atoms with Crippen LogP contribution in [0.3, 0.4) is 0 Å². The number of hydrogen-bond acceptors (Lipinski definition) is 3. The molecule has 24 heavy (non-hydrogen) atoms. The molecule has 0 unspecified atom stereocenters. The second-order valence-electron chi connectivity index (χ2n) is 5.22. The Morgan fingerprint density at radius 1 is 1.21 bits per heavy atom. The summed E-state index contributed by atoms with van der Waals surface area (Å²) in [7, 11) is -2.39. The largest absolute Gasteiger partial charge is 0.325 e. The van der Waals surface area contributed by atoms with E-state index in [9.17, 15) is 13.2 Å². The van der Waals surface area contributed by atoms with Gasteiger partial charge in [-0.1, -0.05) is 27.5 Å². The molecule has 0 saturated carbocycles. The molecule has 8 heteroatoms. The van der Waals surface area contributed by atoms with Crippen LogP contribution in [-0.2, 0) is 14.8 Å². The Morgan fingerprint density at radius 3 is 2.42 bits per heavy atom. The molecule has 0 bridgehead atoms. The Kier molecular flexibility index (Phi) is 6.03. The Hall–Kier alpha value is -1.41. The summed E-state index contributed by atoms with van der Waals surface area (Å²) in [6.07, 6.45) is 0. The van der Waals surface area contributed by atoms with E-state index >= 15 is 0 Å². The summed E-state index contributed by atoms with van der Waals surface area (Å²) in [5.41, 5.74) is 1.52.